The van der Waals surface area contributed by atoms with Crippen molar-refractivity contribution in [3.63, 3.8) is 0 Å². The summed E-state index contributed by atoms with van der Waals surface area (Å²) >= 11 is 5.91. The zero-order valence-corrected chi connectivity index (χ0v) is 15.5. The Hall–Kier alpha value is -2.86. The Kier molecular flexibility index (Phi) is 5.23. The SMILES string of the molecule is COc1ccc(C(C)NC(=O)c2nnn(-c3ccc(Cl)cc3)c2C)cc1. The van der Waals surface area contributed by atoms with E-state index in [1.54, 1.807) is 23.9 Å². The molecule has 0 bridgehead atoms. The van der Waals surface area contributed by atoms with Crippen LogP contribution in [0.25, 0.3) is 5.69 Å². The van der Waals surface area contributed by atoms with Crippen LogP contribution in [0.1, 0.15) is 34.7 Å². The Labute approximate surface area is 156 Å². The number of rotatable bonds is 5. The van der Waals surface area contributed by atoms with Gasteiger partial charge in [-0.3, -0.25) is 4.79 Å². The highest BCUT2D eigenvalue weighted by Gasteiger charge is 2.19. The highest BCUT2D eigenvalue weighted by molar-refractivity contribution is 6.30. The summed E-state index contributed by atoms with van der Waals surface area (Å²) in [6.07, 6.45) is 0. The van der Waals surface area contributed by atoms with Gasteiger partial charge in [-0.2, -0.15) is 0 Å². The zero-order valence-electron chi connectivity index (χ0n) is 14.7. The van der Waals surface area contributed by atoms with E-state index in [2.05, 4.69) is 15.6 Å². The number of nitrogens with zero attached hydrogens (tertiary/aromatic N) is 3. The van der Waals surface area contributed by atoms with Crippen LogP contribution >= 0.6 is 11.6 Å². The van der Waals surface area contributed by atoms with Crippen LogP contribution in [0.3, 0.4) is 0 Å². The van der Waals surface area contributed by atoms with Gasteiger partial charge in [0.1, 0.15) is 5.75 Å². The molecule has 3 aromatic rings. The van der Waals surface area contributed by atoms with Crippen LogP contribution in [-0.4, -0.2) is 28.0 Å². The minimum Gasteiger partial charge on any atom is -0.497 e. The van der Waals surface area contributed by atoms with Gasteiger partial charge in [-0.25, -0.2) is 4.68 Å². The number of benzene rings is 2. The zero-order chi connectivity index (χ0) is 18.7. The van der Waals surface area contributed by atoms with Gasteiger partial charge in [0.05, 0.1) is 24.5 Å². The van der Waals surface area contributed by atoms with Crippen molar-refractivity contribution >= 4 is 17.5 Å². The summed E-state index contributed by atoms with van der Waals surface area (Å²) in [5.74, 6) is 0.500. The number of ether oxygens (including phenoxy) is 1. The number of carbonyl (C=O) groups is 1. The first-order valence-electron chi connectivity index (χ1n) is 8.12. The van der Waals surface area contributed by atoms with Crippen molar-refractivity contribution in [1.82, 2.24) is 20.3 Å². The van der Waals surface area contributed by atoms with Crippen LogP contribution in [-0.2, 0) is 0 Å². The van der Waals surface area contributed by atoms with Gasteiger partial charge in [-0.15, -0.1) is 5.10 Å². The van der Waals surface area contributed by atoms with E-state index in [1.807, 2.05) is 50.2 Å². The Morgan fingerprint density at radius 1 is 1.15 bits per heavy atom. The Balaban J connectivity index is 1.76. The molecule has 0 radical (unpaired) electrons. The van der Waals surface area contributed by atoms with Crippen molar-refractivity contribution in [2.45, 2.75) is 19.9 Å². The summed E-state index contributed by atoms with van der Waals surface area (Å²) in [4.78, 5) is 12.6. The average Bonchev–Trinajstić information content (AvgIpc) is 3.04. The van der Waals surface area contributed by atoms with E-state index < -0.39 is 0 Å². The molecule has 0 saturated heterocycles. The number of halogens is 1. The van der Waals surface area contributed by atoms with Gasteiger partial charge in [0.2, 0.25) is 0 Å². The molecule has 1 amide bonds. The number of nitrogens with one attached hydrogen (secondary N) is 1. The van der Waals surface area contributed by atoms with Crippen LogP contribution in [0, 0.1) is 6.92 Å². The normalized spacial score (nSPS) is 11.8. The van der Waals surface area contributed by atoms with Crippen molar-refractivity contribution in [1.29, 1.82) is 0 Å². The molecule has 0 aliphatic heterocycles. The van der Waals surface area contributed by atoms with Gasteiger partial charge in [-0.1, -0.05) is 28.9 Å². The fourth-order valence-corrected chi connectivity index (χ4v) is 2.73. The molecule has 6 nitrogen and oxygen atoms in total. The minimum atomic E-state index is -0.272. The van der Waals surface area contributed by atoms with Crippen LogP contribution in [0.15, 0.2) is 48.5 Å². The number of amides is 1. The van der Waals surface area contributed by atoms with E-state index in [1.165, 1.54) is 0 Å². The fraction of sp³-hybridized carbons (Fsp3) is 0.211. The molecule has 0 saturated carbocycles. The maximum atomic E-state index is 12.6. The first kappa shape index (κ1) is 17.9. The van der Waals surface area contributed by atoms with E-state index >= 15 is 0 Å². The molecule has 3 rings (SSSR count). The lowest BCUT2D eigenvalue weighted by Crippen LogP contribution is -2.27. The predicted octanol–water partition coefficient (Wildman–Crippen LogP) is 3.73. The third-order valence-electron chi connectivity index (χ3n) is 4.14. The van der Waals surface area contributed by atoms with Crippen molar-refractivity contribution in [2.75, 3.05) is 7.11 Å². The highest BCUT2D eigenvalue weighted by atomic mass is 35.5. The van der Waals surface area contributed by atoms with Crippen molar-refractivity contribution in [3.05, 3.63) is 70.5 Å². The minimum absolute atomic E-state index is 0.173. The molecule has 26 heavy (non-hydrogen) atoms. The number of methoxy groups -OCH3 is 1. The van der Waals surface area contributed by atoms with Crippen LogP contribution in [0.2, 0.25) is 5.02 Å². The summed E-state index contributed by atoms with van der Waals surface area (Å²) in [7, 11) is 1.62. The van der Waals surface area contributed by atoms with Crippen LogP contribution < -0.4 is 10.1 Å². The molecule has 0 spiro atoms. The molecule has 1 heterocycles. The molecule has 1 unspecified atom stereocenters. The molecule has 0 fully saturated rings. The second-order valence-electron chi connectivity index (χ2n) is 5.88. The van der Waals surface area contributed by atoms with E-state index in [4.69, 9.17) is 16.3 Å². The summed E-state index contributed by atoms with van der Waals surface area (Å²) in [5.41, 5.74) is 2.72. The van der Waals surface area contributed by atoms with E-state index in [-0.39, 0.29) is 11.9 Å². The fourth-order valence-electron chi connectivity index (χ4n) is 2.61. The van der Waals surface area contributed by atoms with Crippen molar-refractivity contribution in [3.8, 4) is 11.4 Å². The summed E-state index contributed by atoms with van der Waals surface area (Å²) in [5, 5.41) is 11.7. The van der Waals surface area contributed by atoms with E-state index in [0.29, 0.717) is 16.4 Å². The lowest BCUT2D eigenvalue weighted by atomic mass is 10.1. The van der Waals surface area contributed by atoms with E-state index in [0.717, 1.165) is 17.0 Å². The molecule has 7 heteroatoms. The first-order chi connectivity index (χ1) is 12.5. The molecule has 1 atom stereocenters. The van der Waals surface area contributed by atoms with Crippen LogP contribution in [0.5, 0.6) is 5.75 Å². The maximum absolute atomic E-state index is 12.6. The predicted molar refractivity (Wildman–Crippen MR) is 100.0 cm³/mol. The monoisotopic (exact) mass is 370 g/mol. The molecule has 0 aliphatic carbocycles. The van der Waals surface area contributed by atoms with Gasteiger partial charge in [-0.05, 0) is 55.8 Å². The lowest BCUT2D eigenvalue weighted by molar-refractivity contribution is 0.0934. The highest BCUT2D eigenvalue weighted by Crippen LogP contribution is 2.19. The second-order valence-corrected chi connectivity index (χ2v) is 6.32. The quantitative estimate of drug-likeness (QED) is 0.743. The lowest BCUT2D eigenvalue weighted by Gasteiger charge is -2.14. The molecule has 1 N–H and O–H groups in total. The largest absolute Gasteiger partial charge is 0.497 e. The van der Waals surface area contributed by atoms with Gasteiger partial charge in [0.25, 0.3) is 5.91 Å². The van der Waals surface area contributed by atoms with Crippen LogP contribution in [0.4, 0.5) is 0 Å². The summed E-state index contributed by atoms with van der Waals surface area (Å²) in [6, 6.07) is 14.6. The number of aromatic nitrogens is 3. The topological polar surface area (TPSA) is 69.0 Å². The molecule has 134 valence electrons. The van der Waals surface area contributed by atoms with Gasteiger partial charge in [0.15, 0.2) is 5.69 Å². The van der Waals surface area contributed by atoms with Gasteiger partial charge < -0.3 is 10.1 Å². The van der Waals surface area contributed by atoms with E-state index in [9.17, 15) is 4.79 Å². The summed E-state index contributed by atoms with van der Waals surface area (Å²) in [6.45, 7) is 3.72. The first-order valence-corrected chi connectivity index (χ1v) is 8.50. The number of hydrogen-bond donors (Lipinski definition) is 1. The smallest absolute Gasteiger partial charge is 0.274 e. The molecular weight excluding hydrogens is 352 g/mol. The Bertz CT molecular complexity index is 904. The van der Waals surface area contributed by atoms with Crippen molar-refractivity contribution < 1.29 is 9.53 Å². The third kappa shape index (κ3) is 3.70. The average molecular weight is 371 g/mol. The third-order valence-corrected chi connectivity index (χ3v) is 4.40. The second kappa shape index (κ2) is 7.58. The molecule has 0 aliphatic rings. The Morgan fingerprint density at radius 2 is 1.81 bits per heavy atom. The number of hydrogen-bond acceptors (Lipinski definition) is 4. The van der Waals surface area contributed by atoms with Crippen molar-refractivity contribution in [2.24, 2.45) is 0 Å². The molecule has 2 aromatic carbocycles. The molecule has 1 aromatic heterocycles. The number of carbonyl (C=O) groups excluding carboxylic acids is 1. The summed E-state index contributed by atoms with van der Waals surface area (Å²) < 4.78 is 6.76. The maximum Gasteiger partial charge on any atom is 0.274 e. The Morgan fingerprint density at radius 3 is 2.42 bits per heavy atom. The van der Waals surface area contributed by atoms with Gasteiger partial charge in [0, 0.05) is 5.02 Å². The molecular formula is C19H19ClN4O2. The standard InChI is InChI=1S/C19H19ClN4O2/c1-12(14-4-10-17(26-3)11-5-14)21-19(25)18-13(2)24(23-22-18)16-8-6-15(20)7-9-16/h4-12H,1-3H3,(H,21,25). The van der Waals surface area contributed by atoms with Gasteiger partial charge >= 0.3 is 0 Å².